The Bertz CT molecular complexity index is 584. The molecule has 2 aromatic carbocycles. The van der Waals surface area contributed by atoms with Gasteiger partial charge in [-0.05, 0) is 53.3 Å². The average molecular weight is 367 g/mol. The van der Waals surface area contributed by atoms with Crippen molar-refractivity contribution < 1.29 is 9.90 Å². The summed E-state index contributed by atoms with van der Waals surface area (Å²) in [5.74, 6) is -0.0660. The van der Waals surface area contributed by atoms with Crippen LogP contribution in [0.5, 0.6) is 5.75 Å². The average Bonchev–Trinajstić information content (AvgIpc) is 2.42. The van der Waals surface area contributed by atoms with Crippen molar-refractivity contribution >= 4 is 28.5 Å². The molecule has 4 heteroatoms. The van der Waals surface area contributed by atoms with Gasteiger partial charge in [0, 0.05) is 5.56 Å². The predicted octanol–water partition coefficient (Wildman–Crippen LogP) is 3.49. The fourth-order valence-corrected chi connectivity index (χ4v) is 2.09. The molecule has 3 nitrogen and oxygen atoms in total. The number of aromatic hydroxyl groups is 1. The third-order valence-electron chi connectivity index (χ3n) is 2.86. The number of carbonyl (C=O) groups excluding carboxylic acids is 1. The summed E-state index contributed by atoms with van der Waals surface area (Å²) in [6.45, 7) is 1.93. The van der Waals surface area contributed by atoms with Gasteiger partial charge in [0.25, 0.3) is 5.91 Å². The predicted molar refractivity (Wildman–Crippen MR) is 83.1 cm³/mol. The molecule has 2 N–H and O–H groups in total. The summed E-state index contributed by atoms with van der Waals surface area (Å²) in [6, 6.07) is 14.6. The van der Waals surface area contributed by atoms with Gasteiger partial charge in [-0.1, -0.05) is 30.3 Å². The van der Waals surface area contributed by atoms with Crippen molar-refractivity contribution in [2.45, 2.75) is 13.0 Å². The molecule has 0 aliphatic rings. The Balaban J connectivity index is 2.11. The third kappa shape index (κ3) is 3.47. The van der Waals surface area contributed by atoms with Crippen LogP contribution in [0.4, 0.5) is 0 Å². The van der Waals surface area contributed by atoms with E-state index in [9.17, 15) is 9.90 Å². The SMILES string of the molecule is CC(NC(=O)c1ccc(I)c(O)c1)c1ccccc1. The highest BCUT2D eigenvalue weighted by Gasteiger charge is 2.12. The quantitative estimate of drug-likeness (QED) is 0.816. The van der Waals surface area contributed by atoms with Crippen molar-refractivity contribution in [1.82, 2.24) is 5.32 Å². The molecule has 2 rings (SSSR count). The smallest absolute Gasteiger partial charge is 0.251 e. The van der Waals surface area contributed by atoms with Crippen molar-refractivity contribution in [2.24, 2.45) is 0 Å². The minimum absolute atomic E-state index is 0.0740. The van der Waals surface area contributed by atoms with Gasteiger partial charge in [-0.15, -0.1) is 0 Å². The fourth-order valence-electron chi connectivity index (χ4n) is 1.76. The summed E-state index contributed by atoms with van der Waals surface area (Å²) in [4.78, 5) is 12.1. The number of hydrogen-bond donors (Lipinski definition) is 2. The summed E-state index contributed by atoms with van der Waals surface area (Å²) in [5, 5.41) is 12.5. The molecule has 19 heavy (non-hydrogen) atoms. The van der Waals surface area contributed by atoms with E-state index in [-0.39, 0.29) is 17.7 Å². The second kappa shape index (κ2) is 6.06. The Morgan fingerprint density at radius 3 is 2.53 bits per heavy atom. The second-order valence-electron chi connectivity index (χ2n) is 4.27. The van der Waals surface area contributed by atoms with Gasteiger partial charge in [-0.2, -0.15) is 0 Å². The maximum absolute atomic E-state index is 12.1. The molecule has 0 aliphatic heterocycles. The first-order valence-corrected chi connectivity index (χ1v) is 7.00. The lowest BCUT2D eigenvalue weighted by Crippen LogP contribution is -2.26. The first kappa shape index (κ1) is 13.9. The molecule has 0 aliphatic carbocycles. The van der Waals surface area contributed by atoms with Gasteiger partial charge >= 0.3 is 0 Å². The Morgan fingerprint density at radius 2 is 1.89 bits per heavy atom. The van der Waals surface area contributed by atoms with Crippen molar-refractivity contribution in [2.75, 3.05) is 0 Å². The minimum atomic E-state index is -0.192. The highest BCUT2D eigenvalue weighted by atomic mass is 127. The maximum atomic E-state index is 12.1. The monoisotopic (exact) mass is 367 g/mol. The summed E-state index contributed by atoms with van der Waals surface area (Å²) < 4.78 is 0.727. The van der Waals surface area contributed by atoms with Crippen molar-refractivity contribution in [3.63, 3.8) is 0 Å². The lowest BCUT2D eigenvalue weighted by molar-refractivity contribution is 0.0939. The maximum Gasteiger partial charge on any atom is 0.251 e. The van der Waals surface area contributed by atoms with Gasteiger partial charge in [-0.25, -0.2) is 0 Å². The highest BCUT2D eigenvalue weighted by molar-refractivity contribution is 14.1. The number of carbonyl (C=O) groups is 1. The number of hydrogen-bond acceptors (Lipinski definition) is 2. The number of benzene rings is 2. The van der Waals surface area contributed by atoms with Crippen molar-refractivity contribution in [3.8, 4) is 5.75 Å². The standard InChI is InChI=1S/C15H14INO2/c1-10(11-5-3-2-4-6-11)17-15(19)12-7-8-13(16)14(18)9-12/h2-10,18H,1H3,(H,17,19). The number of halogens is 1. The Hall–Kier alpha value is -1.56. The van der Waals surface area contributed by atoms with E-state index in [1.807, 2.05) is 59.8 Å². The molecule has 0 fully saturated rings. The summed E-state index contributed by atoms with van der Waals surface area (Å²) in [6.07, 6.45) is 0. The van der Waals surface area contributed by atoms with Gasteiger partial charge in [0.05, 0.1) is 9.61 Å². The summed E-state index contributed by atoms with van der Waals surface area (Å²) in [7, 11) is 0. The Morgan fingerprint density at radius 1 is 1.21 bits per heavy atom. The van der Waals surface area contributed by atoms with Crippen LogP contribution >= 0.6 is 22.6 Å². The van der Waals surface area contributed by atoms with E-state index in [0.717, 1.165) is 9.13 Å². The molecule has 1 amide bonds. The zero-order valence-electron chi connectivity index (χ0n) is 10.4. The molecule has 0 aromatic heterocycles. The molecule has 0 radical (unpaired) electrons. The molecule has 0 spiro atoms. The first-order chi connectivity index (χ1) is 9.08. The molecule has 0 bridgehead atoms. The van der Waals surface area contributed by atoms with Crippen LogP contribution in [0.15, 0.2) is 48.5 Å². The molecule has 0 saturated heterocycles. The molecule has 1 atom stereocenters. The van der Waals surface area contributed by atoms with E-state index in [2.05, 4.69) is 5.32 Å². The topological polar surface area (TPSA) is 49.3 Å². The molecule has 0 heterocycles. The minimum Gasteiger partial charge on any atom is -0.507 e. The Labute approximate surface area is 125 Å². The van der Waals surface area contributed by atoms with Crippen LogP contribution in [0.1, 0.15) is 28.9 Å². The van der Waals surface area contributed by atoms with E-state index in [1.54, 1.807) is 12.1 Å². The zero-order valence-corrected chi connectivity index (χ0v) is 12.6. The van der Waals surface area contributed by atoms with E-state index in [1.165, 1.54) is 6.07 Å². The van der Waals surface area contributed by atoms with E-state index >= 15 is 0 Å². The van der Waals surface area contributed by atoms with E-state index < -0.39 is 0 Å². The van der Waals surface area contributed by atoms with Gasteiger partial charge < -0.3 is 10.4 Å². The van der Waals surface area contributed by atoms with Crippen LogP contribution in [0.2, 0.25) is 0 Å². The first-order valence-electron chi connectivity index (χ1n) is 5.92. The van der Waals surface area contributed by atoms with Crippen LogP contribution in [0.25, 0.3) is 0 Å². The van der Waals surface area contributed by atoms with Crippen LogP contribution in [-0.4, -0.2) is 11.0 Å². The molecular formula is C15H14INO2. The largest absolute Gasteiger partial charge is 0.507 e. The van der Waals surface area contributed by atoms with Crippen LogP contribution in [0.3, 0.4) is 0 Å². The number of rotatable bonds is 3. The summed E-state index contributed by atoms with van der Waals surface area (Å²) in [5.41, 5.74) is 1.51. The van der Waals surface area contributed by atoms with Gasteiger partial charge in [0.2, 0.25) is 0 Å². The van der Waals surface area contributed by atoms with E-state index in [4.69, 9.17) is 0 Å². The third-order valence-corrected chi connectivity index (χ3v) is 3.77. The molecular weight excluding hydrogens is 353 g/mol. The van der Waals surface area contributed by atoms with Crippen molar-refractivity contribution in [1.29, 1.82) is 0 Å². The molecule has 1 unspecified atom stereocenters. The lowest BCUT2D eigenvalue weighted by atomic mass is 10.1. The number of nitrogens with one attached hydrogen (secondary N) is 1. The second-order valence-corrected chi connectivity index (χ2v) is 5.43. The van der Waals surface area contributed by atoms with Gasteiger partial charge in [0.15, 0.2) is 0 Å². The molecule has 0 saturated carbocycles. The van der Waals surface area contributed by atoms with Gasteiger partial charge in [0.1, 0.15) is 5.75 Å². The highest BCUT2D eigenvalue weighted by Crippen LogP contribution is 2.21. The summed E-state index contributed by atoms with van der Waals surface area (Å²) >= 11 is 2.02. The number of phenolic OH excluding ortho intramolecular Hbond substituents is 1. The van der Waals surface area contributed by atoms with Gasteiger partial charge in [-0.3, -0.25) is 4.79 Å². The Kier molecular flexibility index (Phi) is 4.42. The fraction of sp³-hybridized carbons (Fsp3) is 0.133. The number of amides is 1. The van der Waals surface area contributed by atoms with E-state index in [0.29, 0.717) is 5.56 Å². The zero-order chi connectivity index (χ0) is 13.8. The van der Waals surface area contributed by atoms with Crippen LogP contribution in [-0.2, 0) is 0 Å². The molecule has 98 valence electrons. The van der Waals surface area contributed by atoms with Crippen LogP contribution in [0, 0.1) is 3.57 Å². The number of phenols is 1. The lowest BCUT2D eigenvalue weighted by Gasteiger charge is -2.14. The normalized spacial score (nSPS) is 11.9. The van der Waals surface area contributed by atoms with Crippen LogP contribution < -0.4 is 5.32 Å². The molecule has 2 aromatic rings. The van der Waals surface area contributed by atoms with Crippen molar-refractivity contribution in [3.05, 3.63) is 63.2 Å².